The SMILES string of the molecule is CC.CC.CC.CC(C)=CCC[C@@H](C)C(C)C1(C)C=CCCC1. The van der Waals surface area contributed by atoms with Gasteiger partial charge in [-0.05, 0) is 63.2 Å². The summed E-state index contributed by atoms with van der Waals surface area (Å²) in [4.78, 5) is 0. The van der Waals surface area contributed by atoms with Gasteiger partial charge in [0.1, 0.15) is 0 Å². The predicted octanol–water partition coefficient (Wildman–Crippen LogP) is 8.83. The van der Waals surface area contributed by atoms with E-state index in [1.165, 1.54) is 37.7 Å². The topological polar surface area (TPSA) is 0 Å². The summed E-state index contributed by atoms with van der Waals surface area (Å²) in [6.45, 7) is 23.7. The van der Waals surface area contributed by atoms with Crippen molar-refractivity contribution < 1.29 is 0 Å². The van der Waals surface area contributed by atoms with E-state index in [1.54, 1.807) is 0 Å². The van der Waals surface area contributed by atoms with Crippen LogP contribution in [0.25, 0.3) is 0 Å². The molecule has 0 heteroatoms. The maximum atomic E-state index is 2.48. The summed E-state index contributed by atoms with van der Waals surface area (Å²) >= 11 is 0. The zero-order chi connectivity index (χ0) is 18.9. The van der Waals surface area contributed by atoms with Gasteiger partial charge in [-0.25, -0.2) is 0 Å². The van der Waals surface area contributed by atoms with Gasteiger partial charge in [-0.2, -0.15) is 0 Å². The van der Waals surface area contributed by atoms with E-state index in [0.29, 0.717) is 5.41 Å². The molecule has 140 valence electrons. The van der Waals surface area contributed by atoms with Crippen molar-refractivity contribution in [3.63, 3.8) is 0 Å². The number of hydrogen-bond donors (Lipinski definition) is 0. The van der Waals surface area contributed by atoms with E-state index in [2.05, 4.69) is 52.8 Å². The molecule has 0 aliphatic heterocycles. The minimum Gasteiger partial charge on any atom is -0.0880 e. The van der Waals surface area contributed by atoms with Crippen LogP contribution in [0.15, 0.2) is 23.8 Å². The van der Waals surface area contributed by atoms with Crippen LogP contribution in [0, 0.1) is 17.3 Å². The highest BCUT2D eigenvalue weighted by molar-refractivity contribution is 5.04. The number of allylic oxidation sites excluding steroid dienone is 4. The fourth-order valence-corrected chi connectivity index (χ4v) is 2.95. The molecule has 0 spiro atoms. The summed E-state index contributed by atoms with van der Waals surface area (Å²) in [5, 5.41) is 0. The molecule has 0 saturated heterocycles. The molecule has 3 atom stereocenters. The Labute approximate surface area is 149 Å². The van der Waals surface area contributed by atoms with Crippen LogP contribution in [0.1, 0.15) is 108 Å². The van der Waals surface area contributed by atoms with Crippen molar-refractivity contribution in [3.8, 4) is 0 Å². The van der Waals surface area contributed by atoms with E-state index in [0.717, 1.165) is 11.8 Å². The van der Waals surface area contributed by atoms with Crippen molar-refractivity contribution >= 4 is 0 Å². The van der Waals surface area contributed by atoms with Crippen molar-refractivity contribution in [2.45, 2.75) is 108 Å². The zero-order valence-corrected chi connectivity index (χ0v) is 18.4. The molecule has 0 fully saturated rings. The maximum Gasteiger partial charge on any atom is -0.0118 e. The smallest absolute Gasteiger partial charge is 0.0118 e. The van der Waals surface area contributed by atoms with Crippen molar-refractivity contribution in [2.75, 3.05) is 0 Å². The molecule has 0 radical (unpaired) electrons. The summed E-state index contributed by atoms with van der Waals surface area (Å²) in [6.07, 6.45) is 13.9. The third-order valence-electron chi connectivity index (χ3n) is 4.65. The summed E-state index contributed by atoms with van der Waals surface area (Å²) in [6, 6.07) is 0. The second kappa shape index (κ2) is 17.8. The van der Waals surface area contributed by atoms with Crippen molar-refractivity contribution in [1.82, 2.24) is 0 Å². The van der Waals surface area contributed by atoms with Gasteiger partial charge in [-0.1, -0.05) is 86.1 Å². The Bertz CT molecular complexity index is 280. The van der Waals surface area contributed by atoms with Crippen molar-refractivity contribution in [2.24, 2.45) is 17.3 Å². The lowest BCUT2D eigenvalue weighted by Gasteiger charge is -2.38. The summed E-state index contributed by atoms with van der Waals surface area (Å²) in [5.74, 6) is 1.61. The minimum absolute atomic E-state index is 0.447. The summed E-state index contributed by atoms with van der Waals surface area (Å²) in [5.41, 5.74) is 1.90. The standard InChI is InChI=1S/C17H30.3C2H6/c1-14(2)10-9-11-15(3)16(4)17(5)12-7-6-8-13-17;3*1-2/h7,10,12,15-16H,6,8-9,11,13H2,1-5H3;3*1-2H3/t15-,16?,17?;;;/m1.../s1. The normalized spacial score (nSPS) is 21.2. The molecule has 0 nitrogen and oxygen atoms in total. The molecule has 0 aromatic carbocycles. The largest absolute Gasteiger partial charge is 0.0880 e. The lowest BCUT2D eigenvalue weighted by atomic mass is 9.66. The van der Waals surface area contributed by atoms with Gasteiger partial charge >= 0.3 is 0 Å². The van der Waals surface area contributed by atoms with Crippen LogP contribution in [0.2, 0.25) is 0 Å². The predicted molar refractivity (Wildman–Crippen MR) is 112 cm³/mol. The quantitative estimate of drug-likeness (QED) is 0.443. The first-order chi connectivity index (χ1) is 11.0. The third kappa shape index (κ3) is 12.6. The molecule has 0 saturated carbocycles. The van der Waals surface area contributed by atoms with Gasteiger partial charge < -0.3 is 0 Å². The molecule has 0 N–H and O–H groups in total. The van der Waals surface area contributed by atoms with E-state index in [9.17, 15) is 0 Å². The lowest BCUT2D eigenvalue weighted by Crippen LogP contribution is -2.29. The van der Waals surface area contributed by atoms with Gasteiger partial charge in [0.15, 0.2) is 0 Å². The highest BCUT2D eigenvalue weighted by Gasteiger charge is 2.32. The molecule has 1 aliphatic carbocycles. The third-order valence-corrected chi connectivity index (χ3v) is 4.65. The molecule has 0 bridgehead atoms. The first-order valence-electron chi connectivity index (χ1n) is 10.3. The van der Waals surface area contributed by atoms with E-state index in [-0.39, 0.29) is 0 Å². The van der Waals surface area contributed by atoms with Crippen LogP contribution >= 0.6 is 0 Å². The maximum absolute atomic E-state index is 2.48. The molecule has 1 rings (SSSR count). The van der Waals surface area contributed by atoms with Crippen LogP contribution in [0.5, 0.6) is 0 Å². The zero-order valence-electron chi connectivity index (χ0n) is 18.4. The van der Waals surface area contributed by atoms with Gasteiger partial charge in [0, 0.05) is 0 Å². The van der Waals surface area contributed by atoms with Crippen LogP contribution in [0.4, 0.5) is 0 Å². The molecular weight excluding hydrogens is 276 g/mol. The van der Waals surface area contributed by atoms with Crippen LogP contribution in [-0.2, 0) is 0 Å². The molecule has 1 aliphatic rings. The molecule has 0 amide bonds. The molecular formula is C23H48. The highest BCUT2D eigenvalue weighted by atomic mass is 14.4. The summed E-state index contributed by atoms with van der Waals surface area (Å²) < 4.78 is 0. The second-order valence-electron chi connectivity index (χ2n) is 6.43. The Morgan fingerprint density at radius 2 is 1.57 bits per heavy atom. The van der Waals surface area contributed by atoms with Gasteiger partial charge in [0.05, 0.1) is 0 Å². The summed E-state index contributed by atoms with van der Waals surface area (Å²) in [7, 11) is 0. The van der Waals surface area contributed by atoms with E-state index >= 15 is 0 Å². The van der Waals surface area contributed by atoms with Crippen LogP contribution in [-0.4, -0.2) is 0 Å². The molecule has 0 aromatic rings. The Kier molecular flexibility index (Phi) is 21.2. The molecule has 0 aromatic heterocycles. The fourth-order valence-electron chi connectivity index (χ4n) is 2.95. The number of hydrogen-bond acceptors (Lipinski definition) is 0. The van der Waals surface area contributed by atoms with Gasteiger partial charge in [-0.15, -0.1) is 0 Å². The Hall–Kier alpha value is -0.520. The van der Waals surface area contributed by atoms with Crippen LogP contribution < -0.4 is 0 Å². The Morgan fingerprint density at radius 3 is 1.96 bits per heavy atom. The Balaban J connectivity index is -0.000000595. The monoisotopic (exact) mass is 324 g/mol. The van der Waals surface area contributed by atoms with Gasteiger partial charge in [0.25, 0.3) is 0 Å². The fraction of sp³-hybridized carbons (Fsp3) is 0.826. The first kappa shape index (κ1) is 27.3. The Morgan fingerprint density at radius 1 is 1.04 bits per heavy atom. The molecule has 23 heavy (non-hydrogen) atoms. The van der Waals surface area contributed by atoms with E-state index in [1.807, 2.05) is 41.5 Å². The van der Waals surface area contributed by atoms with Crippen molar-refractivity contribution in [3.05, 3.63) is 23.8 Å². The van der Waals surface area contributed by atoms with Gasteiger partial charge in [0.2, 0.25) is 0 Å². The van der Waals surface area contributed by atoms with Gasteiger partial charge in [-0.3, -0.25) is 0 Å². The minimum atomic E-state index is 0.447. The second-order valence-corrected chi connectivity index (χ2v) is 6.43. The van der Waals surface area contributed by atoms with Crippen LogP contribution in [0.3, 0.4) is 0 Å². The highest BCUT2D eigenvalue weighted by Crippen LogP contribution is 2.42. The van der Waals surface area contributed by atoms with Crippen molar-refractivity contribution in [1.29, 1.82) is 0 Å². The molecule has 2 unspecified atom stereocenters. The average Bonchev–Trinajstić information content (AvgIpc) is 2.60. The first-order valence-corrected chi connectivity index (χ1v) is 10.3. The lowest BCUT2D eigenvalue weighted by molar-refractivity contribution is 0.170. The average molecular weight is 325 g/mol. The molecule has 0 heterocycles. The number of rotatable bonds is 5. The van der Waals surface area contributed by atoms with E-state index in [4.69, 9.17) is 0 Å². The van der Waals surface area contributed by atoms with E-state index < -0.39 is 0 Å².